The molecule has 0 bridgehead atoms. The van der Waals surface area contributed by atoms with Crippen molar-refractivity contribution in [3.8, 4) is 0 Å². The molecule has 2 nitrogen and oxygen atoms in total. The molecule has 0 heterocycles. The van der Waals surface area contributed by atoms with Crippen LogP contribution in [-0.4, -0.2) is 12.8 Å². The lowest BCUT2D eigenvalue weighted by Crippen LogP contribution is -2.17. The summed E-state index contributed by atoms with van der Waals surface area (Å²) in [4.78, 5) is 4.11. The van der Waals surface area contributed by atoms with Crippen LogP contribution in [0.25, 0.3) is 0 Å². The molecule has 0 radical (unpaired) electrons. The monoisotopic (exact) mass is 287 g/mol. The third-order valence-electron chi connectivity index (χ3n) is 2.37. The van der Waals surface area contributed by atoms with Gasteiger partial charge < -0.3 is 4.74 Å². The van der Waals surface area contributed by atoms with Crippen molar-refractivity contribution in [1.82, 2.24) is 0 Å². The van der Waals surface area contributed by atoms with E-state index in [4.69, 9.17) is 4.74 Å². The zero-order valence-corrected chi connectivity index (χ0v) is 12.5. The summed E-state index contributed by atoms with van der Waals surface area (Å²) in [6.45, 7) is 14.7. The Morgan fingerprint density at radius 1 is 1.44 bits per heavy atom. The van der Waals surface area contributed by atoms with E-state index in [2.05, 4.69) is 48.3 Å². The van der Waals surface area contributed by atoms with Crippen LogP contribution in [0, 0.1) is 5.41 Å². The molecule has 0 aromatic carbocycles. The maximum atomic E-state index is 5.70. The van der Waals surface area contributed by atoms with Gasteiger partial charge in [-0.3, -0.25) is 4.99 Å². The molecular weight excluding hydrogens is 266 g/mol. The molecule has 92 valence electrons. The van der Waals surface area contributed by atoms with E-state index in [1.54, 1.807) is 6.21 Å². The van der Waals surface area contributed by atoms with Crippen LogP contribution < -0.4 is 0 Å². The van der Waals surface area contributed by atoms with Crippen molar-refractivity contribution in [3.63, 3.8) is 0 Å². The molecule has 0 saturated heterocycles. The lowest BCUT2D eigenvalue weighted by molar-refractivity contribution is 0.113. The zero-order valence-electron chi connectivity index (χ0n) is 10.9. The van der Waals surface area contributed by atoms with Crippen LogP contribution in [0.1, 0.15) is 41.0 Å². The van der Waals surface area contributed by atoms with Crippen LogP contribution in [0.2, 0.25) is 0 Å². The molecule has 3 heteroatoms. The first kappa shape index (κ1) is 15.4. The molecule has 0 atom stereocenters. The number of allylic oxidation sites excluding steroid dienone is 3. The van der Waals surface area contributed by atoms with Crippen molar-refractivity contribution in [3.05, 3.63) is 22.5 Å². The summed E-state index contributed by atoms with van der Waals surface area (Å²) in [6.07, 6.45) is 2.81. The Balaban J connectivity index is 4.38. The summed E-state index contributed by atoms with van der Waals surface area (Å²) in [6, 6.07) is 0. The van der Waals surface area contributed by atoms with E-state index in [1.807, 2.05) is 13.8 Å². The molecular formula is C13H22BrNO. The Bertz CT molecular complexity index is 303. The number of ether oxygens (including phenoxy) is 1. The second kappa shape index (κ2) is 6.89. The lowest BCUT2D eigenvalue weighted by Gasteiger charge is -2.23. The first-order chi connectivity index (χ1) is 7.28. The van der Waals surface area contributed by atoms with Crippen molar-refractivity contribution < 1.29 is 4.74 Å². The Morgan fingerprint density at radius 3 is 2.44 bits per heavy atom. The first-order valence-electron chi connectivity index (χ1n) is 5.47. The quantitative estimate of drug-likeness (QED) is 0.514. The van der Waals surface area contributed by atoms with Crippen LogP contribution in [-0.2, 0) is 4.74 Å². The van der Waals surface area contributed by atoms with Gasteiger partial charge in [0.15, 0.2) is 0 Å². The van der Waals surface area contributed by atoms with Gasteiger partial charge in [0.25, 0.3) is 0 Å². The molecule has 0 unspecified atom stereocenters. The number of rotatable bonds is 6. The molecule has 0 aromatic heterocycles. The van der Waals surface area contributed by atoms with Crippen molar-refractivity contribution in [1.29, 1.82) is 0 Å². The van der Waals surface area contributed by atoms with Gasteiger partial charge in [-0.1, -0.05) is 27.4 Å². The molecule has 0 amide bonds. The van der Waals surface area contributed by atoms with Gasteiger partial charge in [-0.15, -0.1) is 0 Å². The summed E-state index contributed by atoms with van der Waals surface area (Å²) in [5.74, 6) is 0.853. The normalized spacial score (nSPS) is 13.9. The molecule has 0 aliphatic carbocycles. The SMILES string of the molecule is C=C(C)N=C/C(Br)=C(\C)OCC(C)(C)CC. The maximum Gasteiger partial charge on any atom is 0.109 e. The van der Waals surface area contributed by atoms with Crippen LogP contribution in [0.15, 0.2) is 27.5 Å². The molecule has 0 aliphatic heterocycles. The summed E-state index contributed by atoms with van der Waals surface area (Å²) in [5.41, 5.74) is 0.985. The smallest absolute Gasteiger partial charge is 0.109 e. The van der Waals surface area contributed by atoms with Crippen LogP contribution in [0.3, 0.4) is 0 Å². The van der Waals surface area contributed by atoms with Crippen LogP contribution in [0.4, 0.5) is 0 Å². The van der Waals surface area contributed by atoms with Crippen molar-refractivity contribution in [2.75, 3.05) is 6.61 Å². The topological polar surface area (TPSA) is 21.6 Å². The van der Waals surface area contributed by atoms with Crippen LogP contribution >= 0.6 is 15.9 Å². The van der Waals surface area contributed by atoms with Crippen molar-refractivity contribution >= 4 is 22.1 Å². The molecule has 0 aromatic rings. The van der Waals surface area contributed by atoms with Gasteiger partial charge in [0.1, 0.15) is 5.76 Å². The predicted octanol–water partition coefficient (Wildman–Crippen LogP) is 4.67. The highest BCUT2D eigenvalue weighted by Crippen LogP contribution is 2.22. The van der Waals surface area contributed by atoms with Gasteiger partial charge in [-0.25, -0.2) is 0 Å². The summed E-state index contributed by atoms with van der Waals surface area (Å²) in [5, 5.41) is 0. The predicted molar refractivity (Wildman–Crippen MR) is 75.0 cm³/mol. The number of hydrogen-bond donors (Lipinski definition) is 0. The lowest BCUT2D eigenvalue weighted by atomic mass is 9.92. The minimum absolute atomic E-state index is 0.208. The molecule has 0 rings (SSSR count). The second-order valence-corrected chi connectivity index (χ2v) is 5.56. The zero-order chi connectivity index (χ0) is 12.8. The van der Waals surface area contributed by atoms with E-state index in [9.17, 15) is 0 Å². The third-order valence-corrected chi connectivity index (χ3v) is 3.13. The van der Waals surface area contributed by atoms with Gasteiger partial charge in [0.2, 0.25) is 0 Å². The van der Waals surface area contributed by atoms with E-state index < -0.39 is 0 Å². The van der Waals surface area contributed by atoms with Crippen LogP contribution in [0.5, 0.6) is 0 Å². The van der Waals surface area contributed by atoms with E-state index in [0.717, 1.165) is 22.4 Å². The number of halogens is 1. The Labute approximate surface area is 108 Å². The fourth-order valence-electron chi connectivity index (χ4n) is 0.732. The van der Waals surface area contributed by atoms with Gasteiger partial charge >= 0.3 is 0 Å². The minimum atomic E-state index is 0.208. The highest BCUT2D eigenvalue weighted by atomic mass is 79.9. The fourth-order valence-corrected chi connectivity index (χ4v) is 0.949. The molecule has 16 heavy (non-hydrogen) atoms. The molecule has 0 saturated carbocycles. The highest BCUT2D eigenvalue weighted by Gasteiger charge is 2.16. The third kappa shape index (κ3) is 6.83. The average Bonchev–Trinajstić information content (AvgIpc) is 2.22. The summed E-state index contributed by atoms with van der Waals surface area (Å²) >= 11 is 3.43. The Morgan fingerprint density at radius 2 is 2.00 bits per heavy atom. The number of nitrogens with zero attached hydrogens (tertiary/aromatic N) is 1. The van der Waals surface area contributed by atoms with Gasteiger partial charge in [0, 0.05) is 11.9 Å². The molecule has 0 aliphatic rings. The van der Waals surface area contributed by atoms with Gasteiger partial charge in [0.05, 0.1) is 11.1 Å². The van der Waals surface area contributed by atoms with E-state index in [-0.39, 0.29) is 5.41 Å². The highest BCUT2D eigenvalue weighted by molar-refractivity contribution is 9.12. The average molecular weight is 288 g/mol. The Hall–Kier alpha value is -0.570. The minimum Gasteiger partial charge on any atom is -0.496 e. The van der Waals surface area contributed by atoms with Gasteiger partial charge in [-0.2, -0.15) is 0 Å². The molecule has 0 fully saturated rings. The first-order valence-corrected chi connectivity index (χ1v) is 6.26. The van der Waals surface area contributed by atoms with E-state index in [1.165, 1.54) is 0 Å². The number of aliphatic imine (C=N–C) groups is 1. The molecule has 0 spiro atoms. The summed E-state index contributed by atoms with van der Waals surface area (Å²) < 4.78 is 6.57. The number of hydrogen-bond acceptors (Lipinski definition) is 2. The standard InChI is InChI=1S/C13H22BrNO/c1-7-13(5,6)9-16-11(4)12(14)8-15-10(2)3/h8H,2,7,9H2,1,3-6H3/b12-11-,15-8?. The van der Waals surface area contributed by atoms with E-state index >= 15 is 0 Å². The fraction of sp³-hybridized carbons (Fsp3) is 0.615. The molecule has 0 N–H and O–H groups in total. The summed E-state index contributed by atoms with van der Waals surface area (Å²) in [7, 11) is 0. The van der Waals surface area contributed by atoms with Crippen molar-refractivity contribution in [2.24, 2.45) is 10.4 Å². The van der Waals surface area contributed by atoms with Gasteiger partial charge in [-0.05, 0) is 41.6 Å². The largest absolute Gasteiger partial charge is 0.496 e. The maximum absolute atomic E-state index is 5.70. The second-order valence-electron chi connectivity index (χ2n) is 4.70. The Kier molecular flexibility index (Phi) is 6.65. The van der Waals surface area contributed by atoms with Crippen molar-refractivity contribution in [2.45, 2.75) is 41.0 Å². The van der Waals surface area contributed by atoms with E-state index in [0.29, 0.717) is 6.61 Å².